The van der Waals surface area contributed by atoms with Crippen LogP contribution in [0.25, 0.3) is 0 Å². The number of guanidine groups is 1. The second-order valence-corrected chi connectivity index (χ2v) is 6.93. The predicted molar refractivity (Wildman–Crippen MR) is 96.5 cm³/mol. The van der Waals surface area contributed by atoms with Crippen molar-refractivity contribution in [2.45, 2.75) is 39.0 Å². The monoisotopic (exact) mass is 379 g/mol. The van der Waals surface area contributed by atoms with Gasteiger partial charge in [0.2, 0.25) is 0 Å². The highest BCUT2D eigenvalue weighted by Gasteiger charge is 2.41. The summed E-state index contributed by atoms with van der Waals surface area (Å²) < 4.78 is 44.1. The molecule has 0 aliphatic carbocycles. The molecule has 2 atom stereocenters. The zero-order valence-corrected chi connectivity index (χ0v) is 16.1. The van der Waals surface area contributed by atoms with Gasteiger partial charge in [0.15, 0.2) is 5.96 Å². The molecule has 0 bridgehead atoms. The maximum Gasteiger partial charge on any atom is 0.403 e. The van der Waals surface area contributed by atoms with Crippen molar-refractivity contribution in [1.29, 1.82) is 0 Å². The van der Waals surface area contributed by atoms with Crippen molar-refractivity contribution in [3.8, 4) is 0 Å². The molecular weight excluding hydrogens is 347 g/mol. The zero-order valence-electron chi connectivity index (χ0n) is 16.1. The van der Waals surface area contributed by atoms with Crippen LogP contribution in [0.1, 0.15) is 20.8 Å². The van der Waals surface area contributed by atoms with Gasteiger partial charge in [0.25, 0.3) is 0 Å². The van der Waals surface area contributed by atoms with Crippen LogP contribution < -0.4 is 5.32 Å². The first-order chi connectivity index (χ1) is 12.3. The Morgan fingerprint density at radius 1 is 1.04 bits per heavy atom. The molecule has 2 aliphatic heterocycles. The summed E-state index contributed by atoms with van der Waals surface area (Å²) in [5.41, 5.74) is 0. The van der Waals surface area contributed by atoms with E-state index in [9.17, 15) is 13.2 Å². The average molecular weight is 379 g/mol. The largest absolute Gasteiger partial charge is 0.403 e. The van der Waals surface area contributed by atoms with E-state index in [4.69, 9.17) is 9.73 Å². The number of rotatable bonds is 5. The van der Waals surface area contributed by atoms with E-state index >= 15 is 0 Å². The maximum atomic E-state index is 12.9. The van der Waals surface area contributed by atoms with Crippen molar-refractivity contribution >= 4 is 5.96 Å². The number of alkyl halides is 3. The van der Waals surface area contributed by atoms with Crippen LogP contribution in [0.3, 0.4) is 0 Å². The van der Waals surface area contributed by atoms with Crippen LogP contribution in [0.4, 0.5) is 13.2 Å². The third-order valence-corrected chi connectivity index (χ3v) is 5.14. The van der Waals surface area contributed by atoms with Crippen LogP contribution in [-0.2, 0) is 4.74 Å². The summed E-state index contributed by atoms with van der Waals surface area (Å²) in [6, 6.07) is -1.08. The second-order valence-electron chi connectivity index (χ2n) is 6.93. The molecule has 9 heteroatoms. The van der Waals surface area contributed by atoms with Gasteiger partial charge >= 0.3 is 6.18 Å². The van der Waals surface area contributed by atoms with E-state index in [1.807, 2.05) is 6.92 Å². The number of aliphatic imine (C=N–C) groups is 1. The maximum absolute atomic E-state index is 12.9. The van der Waals surface area contributed by atoms with Gasteiger partial charge < -0.3 is 15.0 Å². The van der Waals surface area contributed by atoms with Gasteiger partial charge in [-0.15, -0.1) is 0 Å². The van der Waals surface area contributed by atoms with Crippen LogP contribution in [0.5, 0.6) is 0 Å². The minimum atomic E-state index is -4.17. The van der Waals surface area contributed by atoms with Gasteiger partial charge in [-0.05, 0) is 20.8 Å². The fourth-order valence-corrected chi connectivity index (χ4v) is 3.31. The Labute approximate surface area is 154 Å². The molecule has 0 saturated carbocycles. The topological polar surface area (TPSA) is 43.3 Å². The summed E-state index contributed by atoms with van der Waals surface area (Å²) in [5.74, 6) is 0.798. The Kier molecular flexibility index (Phi) is 7.97. The van der Waals surface area contributed by atoms with Crippen molar-refractivity contribution in [2.75, 3.05) is 65.6 Å². The molecule has 2 heterocycles. The lowest BCUT2D eigenvalue weighted by Crippen LogP contribution is -2.57. The lowest BCUT2D eigenvalue weighted by atomic mass is 10.2. The van der Waals surface area contributed by atoms with E-state index in [0.29, 0.717) is 38.8 Å². The van der Waals surface area contributed by atoms with Crippen LogP contribution in [-0.4, -0.2) is 104 Å². The summed E-state index contributed by atoms with van der Waals surface area (Å²) in [4.78, 5) is 10.7. The van der Waals surface area contributed by atoms with Crippen LogP contribution in [0.2, 0.25) is 0 Å². The highest BCUT2D eigenvalue weighted by Crippen LogP contribution is 2.25. The SMILES string of the molecule is CCNC(=NCC(C)N1CCOCC1)N1CCN(C(C)C(F)(F)F)CC1. The predicted octanol–water partition coefficient (Wildman–Crippen LogP) is 1.24. The van der Waals surface area contributed by atoms with Gasteiger partial charge in [-0.2, -0.15) is 13.2 Å². The first-order valence-corrected chi connectivity index (χ1v) is 9.48. The molecule has 2 saturated heterocycles. The first-order valence-electron chi connectivity index (χ1n) is 9.48. The minimum Gasteiger partial charge on any atom is -0.379 e. The Balaban J connectivity index is 1.89. The standard InChI is InChI=1S/C17H32F3N5O/c1-4-21-16(22-13-14(2)23-9-11-26-12-10-23)25-7-5-24(6-8-25)15(3)17(18,19)20/h14-15H,4-13H2,1-3H3,(H,21,22). The van der Waals surface area contributed by atoms with Crippen molar-refractivity contribution in [3.63, 3.8) is 0 Å². The third kappa shape index (κ3) is 5.99. The third-order valence-electron chi connectivity index (χ3n) is 5.14. The number of hydrogen-bond acceptors (Lipinski definition) is 4. The first kappa shape index (κ1) is 21.2. The molecule has 1 N–H and O–H groups in total. The summed E-state index contributed by atoms with van der Waals surface area (Å²) in [7, 11) is 0. The van der Waals surface area contributed by atoms with E-state index in [2.05, 4.69) is 22.0 Å². The molecule has 0 aromatic rings. The van der Waals surface area contributed by atoms with Crippen molar-refractivity contribution < 1.29 is 17.9 Å². The van der Waals surface area contributed by atoms with Crippen molar-refractivity contribution in [1.82, 2.24) is 20.0 Å². The van der Waals surface area contributed by atoms with Crippen LogP contribution >= 0.6 is 0 Å². The number of nitrogens with zero attached hydrogens (tertiary/aromatic N) is 4. The summed E-state index contributed by atoms with van der Waals surface area (Å²) >= 11 is 0. The molecule has 2 unspecified atom stereocenters. The molecule has 0 aromatic carbocycles. The normalized spacial score (nSPS) is 23.8. The molecule has 0 radical (unpaired) electrons. The molecular formula is C17H32F3N5O. The van der Waals surface area contributed by atoms with Crippen LogP contribution in [0.15, 0.2) is 4.99 Å². The molecule has 2 fully saturated rings. The highest BCUT2D eigenvalue weighted by molar-refractivity contribution is 5.80. The molecule has 6 nitrogen and oxygen atoms in total. The van der Waals surface area contributed by atoms with E-state index < -0.39 is 12.2 Å². The Bertz CT molecular complexity index is 446. The fraction of sp³-hybridized carbons (Fsp3) is 0.941. The van der Waals surface area contributed by atoms with Gasteiger partial charge in [-0.1, -0.05) is 0 Å². The van der Waals surface area contributed by atoms with E-state index in [-0.39, 0.29) is 0 Å². The smallest absolute Gasteiger partial charge is 0.379 e. The highest BCUT2D eigenvalue weighted by atomic mass is 19.4. The summed E-state index contributed by atoms with van der Waals surface area (Å²) in [6.07, 6.45) is -4.17. The van der Waals surface area contributed by atoms with E-state index in [0.717, 1.165) is 38.8 Å². The fourth-order valence-electron chi connectivity index (χ4n) is 3.31. The number of hydrogen-bond donors (Lipinski definition) is 1. The Morgan fingerprint density at radius 2 is 1.65 bits per heavy atom. The molecule has 0 aromatic heterocycles. The summed E-state index contributed by atoms with van der Waals surface area (Å²) in [5, 5.41) is 3.28. The minimum absolute atomic E-state index is 0.319. The van der Waals surface area contributed by atoms with Gasteiger partial charge in [0, 0.05) is 51.9 Å². The summed E-state index contributed by atoms with van der Waals surface area (Å²) in [6.45, 7) is 12.0. The van der Waals surface area contributed by atoms with Crippen molar-refractivity contribution in [3.05, 3.63) is 0 Å². The lowest BCUT2D eigenvalue weighted by molar-refractivity contribution is -0.181. The van der Waals surface area contributed by atoms with Gasteiger partial charge in [0.1, 0.15) is 6.04 Å². The average Bonchev–Trinajstić information content (AvgIpc) is 2.64. The Hall–Kier alpha value is -1.06. The van der Waals surface area contributed by atoms with Gasteiger partial charge in [-0.25, -0.2) is 0 Å². The number of piperazine rings is 1. The van der Waals surface area contributed by atoms with Gasteiger partial charge in [-0.3, -0.25) is 14.8 Å². The molecule has 2 aliphatic rings. The lowest BCUT2D eigenvalue weighted by Gasteiger charge is -2.40. The molecule has 0 amide bonds. The quantitative estimate of drug-likeness (QED) is 0.575. The van der Waals surface area contributed by atoms with E-state index in [1.54, 1.807) is 0 Å². The van der Waals surface area contributed by atoms with E-state index in [1.165, 1.54) is 11.8 Å². The number of ether oxygens (including phenoxy) is 1. The number of halogens is 3. The molecule has 0 spiro atoms. The molecule has 152 valence electrons. The molecule has 2 rings (SSSR count). The van der Waals surface area contributed by atoms with Crippen LogP contribution in [0, 0.1) is 0 Å². The van der Waals surface area contributed by atoms with Gasteiger partial charge in [0.05, 0.1) is 19.8 Å². The number of nitrogens with one attached hydrogen (secondary N) is 1. The second kappa shape index (κ2) is 9.75. The molecule has 26 heavy (non-hydrogen) atoms. The van der Waals surface area contributed by atoms with Crippen molar-refractivity contribution in [2.24, 2.45) is 4.99 Å². The Morgan fingerprint density at radius 3 is 2.19 bits per heavy atom. The zero-order chi connectivity index (χ0) is 19.2. The number of morpholine rings is 1.